The largest absolute Gasteiger partial charge is 0.497 e. The van der Waals surface area contributed by atoms with Crippen molar-refractivity contribution in [2.75, 3.05) is 31.0 Å². The second-order valence-corrected chi connectivity index (χ2v) is 9.53. The summed E-state index contributed by atoms with van der Waals surface area (Å²) in [5.74, 6) is 1.09. The Labute approximate surface area is 180 Å². The molecule has 9 heteroatoms. The van der Waals surface area contributed by atoms with Gasteiger partial charge < -0.3 is 14.8 Å². The SMILES string of the molecule is COc1ccc(C(=O)Nc2cc(-c3ccccc3)nn2C2CCS(=O)(=O)C2)c(OC)c1. The van der Waals surface area contributed by atoms with Gasteiger partial charge >= 0.3 is 0 Å². The summed E-state index contributed by atoms with van der Waals surface area (Å²) < 4.78 is 36.2. The van der Waals surface area contributed by atoms with Crippen LogP contribution in [0.5, 0.6) is 11.5 Å². The van der Waals surface area contributed by atoms with Gasteiger partial charge in [-0.25, -0.2) is 13.1 Å². The van der Waals surface area contributed by atoms with E-state index in [9.17, 15) is 13.2 Å². The molecule has 31 heavy (non-hydrogen) atoms. The fourth-order valence-corrected chi connectivity index (χ4v) is 5.35. The highest BCUT2D eigenvalue weighted by atomic mass is 32.2. The van der Waals surface area contributed by atoms with E-state index in [4.69, 9.17) is 9.47 Å². The van der Waals surface area contributed by atoms with Gasteiger partial charge in [0.15, 0.2) is 9.84 Å². The highest BCUT2D eigenvalue weighted by Crippen LogP contribution is 2.31. The van der Waals surface area contributed by atoms with E-state index in [0.717, 1.165) is 5.56 Å². The van der Waals surface area contributed by atoms with E-state index in [1.54, 1.807) is 28.9 Å². The van der Waals surface area contributed by atoms with Gasteiger partial charge in [0.25, 0.3) is 5.91 Å². The number of benzene rings is 2. The lowest BCUT2D eigenvalue weighted by molar-refractivity contribution is 0.102. The number of nitrogens with zero attached hydrogens (tertiary/aromatic N) is 2. The maximum Gasteiger partial charge on any atom is 0.260 e. The predicted molar refractivity (Wildman–Crippen MR) is 117 cm³/mol. The maximum absolute atomic E-state index is 13.0. The summed E-state index contributed by atoms with van der Waals surface area (Å²) in [5.41, 5.74) is 1.86. The molecule has 0 radical (unpaired) electrons. The number of sulfone groups is 1. The fraction of sp³-hybridized carbons (Fsp3) is 0.273. The highest BCUT2D eigenvalue weighted by Gasteiger charge is 2.32. The monoisotopic (exact) mass is 441 g/mol. The molecule has 0 bridgehead atoms. The lowest BCUT2D eigenvalue weighted by atomic mass is 10.1. The van der Waals surface area contributed by atoms with Crippen LogP contribution in [0.1, 0.15) is 22.8 Å². The van der Waals surface area contributed by atoms with Gasteiger partial charge in [-0.3, -0.25) is 4.79 Å². The Morgan fingerprint density at radius 2 is 1.87 bits per heavy atom. The molecule has 0 spiro atoms. The molecular formula is C22H23N3O5S. The molecule has 3 aromatic rings. The standard InChI is InChI=1S/C22H23N3O5S/c1-29-17-8-9-18(20(12-17)30-2)22(26)23-21-13-19(15-6-4-3-5-7-15)24-25(21)16-10-11-31(27,28)14-16/h3-9,12-13,16H,10-11,14H2,1-2H3,(H,23,26). The second-order valence-electron chi connectivity index (χ2n) is 7.30. The molecule has 1 saturated heterocycles. The lowest BCUT2D eigenvalue weighted by Crippen LogP contribution is -2.20. The van der Waals surface area contributed by atoms with Gasteiger partial charge in [-0.15, -0.1) is 0 Å². The Morgan fingerprint density at radius 3 is 2.52 bits per heavy atom. The number of hydrogen-bond donors (Lipinski definition) is 1. The van der Waals surface area contributed by atoms with Crippen LogP contribution >= 0.6 is 0 Å². The average molecular weight is 442 g/mol. The Bertz CT molecular complexity index is 1210. The fourth-order valence-electron chi connectivity index (χ4n) is 3.65. The van der Waals surface area contributed by atoms with Crippen LogP contribution in [-0.2, 0) is 9.84 Å². The lowest BCUT2D eigenvalue weighted by Gasteiger charge is -2.15. The number of aromatic nitrogens is 2. The third-order valence-electron chi connectivity index (χ3n) is 5.25. The number of hydrogen-bond acceptors (Lipinski definition) is 6. The zero-order valence-electron chi connectivity index (χ0n) is 17.2. The van der Waals surface area contributed by atoms with Gasteiger partial charge in [0.1, 0.15) is 17.3 Å². The zero-order valence-corrected chi connectivity index (χ0v) is 18.1. The summed E-state index contributed by atoms with van der Waals surface area (Å²) in [5, 5.41) is 7.51. The summed E-state index contributed by atoms with van der Waals surface area (Å²) in [6.45, 7) is 0. The van der Waals surface area contributed by atoms with Crippen LogP contribution in [0.3, 0.4) is 0 Å². The molecule has 1 atom stereocenters. The van der Waals surface area contributed by atoms with E-state index in [1.165, 1.54) is 14.2 Å². The molecule has 4 rings (SSSR count). The molecule has 1 N–H and O–H groups in total. The third-order valence-corrected chi connectivity index (χ3v) is 7.00. The zero-order chi connectivity index (χ0) is 22.0. The first-order valence-corrected chi connectivity index (χ1v) is 11.6. The first-order valence-electron chi connectivity index (χ1n) is 9.79. The molecule has 1 aromatic heterocycles. The number of carbonyl (C=O) groups excluding carboxylic acids is 1. The molecule has 1 unspecified atom stereocenters. The van der Waals surface area contributed by atoms with Crippen LogP contribution in [0.4, 0.5) is 5.82 Å². The topological polar surface area (TPSA) is 99.5 Å². The summed E-state index contributed by atoms with van der Waals surface area (Å²) in [4.78, 5) is 13.0. The molecule has 1 fully saturated rings. The Hall–Kier alpha value is -3.33. The Morgan fingerprint density at radius 1 is 1.10 bits per heavy atom. The summed E-state index contributed by atoms with van der Waals surface area (Å²) in [6, 6.07) is 15.9. The minimum absolute atomic E-state index is 0.00234. The van der Waals surface area contributed by atoms with Crippen molar-refractivity contribution in [1.82, 2.24) is 9.78 Å². The Kier molecular flexibility index (Phi) is 5.69. The Balaban J connectivity index is 1.70. The number of methoxy groups -OCH3 is 2. The van der Waals surface area contributed by atoms with Gasteiger partial charge in [0.05, 0.1) is 43.0 Å². The van der Waals surface area contributed by atoms with Crippen molar-refractivity contribution < 1.29 is 22.7 Å². The number of amides is 1. The van der Waals surface area contributed by atoms with Crippen molar-refractivity contribution >= 4 is 21.6 Å². The molecule has 0 saturated carbocycles. The smallest absolute Gasteiger partial charge is 0.260 e. The van der Waals surface area contributed by atoms with E-state index in [0.29, 0.717) is 35.0 Å². The van der Waals surface area contributed by atoms with Crippen LogP contribution in [-0.4, -0.2) is 49.8 Å². The molecule has 2 aromatic carbocycles. The minimum Gasteiger partial charge on any atom is -0.497 e. The van der Waals surface area contributed by atoms with Gasteiger partial charge in [-0.05, 0) is 18.6 Å². The van der Waals surface area contributed by atoms with E-state index in [2.05, 4.69) is 10.4 Å². The number of carbonyl (C=O) groups is 1. The van der Waals surface area contributed by atoms with Crippen molar-refractivity contribution in [2.24, 2.45) is 0 Å². The van der Waals surface area contributed by atoms with E-state index in [1.807, 2.05) is 30.3 Å². The van der Waals surface area contributed by atoms with Crippen LogP contribution in [0.2, 0.25) is 0 Å². The molecule has 2 heterocycles. The second kappa shape index (κ2) is 8.43. The third kappa shape index (κ3) is 4.41. The van der Waals surface area contributed by atoms with Crippen molar-refractivity contribution in [3.63, 3.8) is 0 Å². The van der Waals surface area contributed by atoms with Crippen molar-refractivity contribution in [2.45, 2.75) is 12.5 Å². The molecule has 8 nitrogen and oxygen atoms in total. The molecule has 1 aliphatic heterocycles. The first kappa shape index (κ1) is 20.9. The molecular weight excluding hydrogens is 418 g/mol. The quantitative estimate of drug-likeness (QED) is 0.631. The predicted octanol–water partition coefficient (Wildman–Crippen LogP) is 3.18. The van der Waals surface area contributed by atoms with Gasteiger partial charge in [-0.2, -0.15) is 5.10 Å². The van der Waals surface area contributed by atoms with Crippen LogP contribution in [0, 0.1) is 0 Å². The number of anilines is 1. The number of ether oxygens (including phenoxy) is 2. The first-order chi connectivity index (χ1) is 14.9. The molecule has 162 valence electrons. The van der Waals surface area contributed by atoms with E-state index >= 15 is 0 Å². The maximum atomic E-state index is 13.0. The van der Waals surface area contributed by atoms with Crippen molar-refractivity contribution in [3.8, 4) is 22.8 Å². The molecule has 1 aliphatic rings. The van der Waals surface area contributed by atoms with Crippen LogP contribution in [0.25, 0.3) is 11.3 Å². The van der Waals surface area contributed by atoms with Gasteiger partial charge in [-0.1, -0.05) is 30.3 Å². The molecule has 1 amide bonds. The summed E-state index contributed by atoms with van der Waals surface area (Å²) in [6.07, 6.45) is 0.451. The van der Waals surface area contributed by atoms with Gasteiger partial charge in [0, 0.05) is 17.7 Å². The normalized spacial score (nSPS) is 17.3. The summed E-state index contributed by atoms with van der Waals surface area (Å²) >= 11 is 0. The highest BCUT2D eigenvalue weighted by molar-refractivity contribution is 7.91. The van der Waals surface area contributed by atoms with E-state index < -0.39 is 9.84 Å². The van der Waals surface area contributed by atoms with Crippen molar-refractivity contribution in [3.05, 3.63) is 60.2 Å². The van der Waals surface area contributed by atoms with Crippen LogP contribution in [0.15, 0.2) is 54.6 Å². The molecule has 0 aliphatic carbocycles. The van der Waals surface area contributed by atoms with E-state index in [-0.39, 0.29) is 23.5 Å². The number of nitrogens with one attached hydrogen (secondary N) is 1. The van der Waals surface area contributed by atoms with Crippen molar-refractivity contribution in [1.29, 1.82) is 0 Å². The number of rotatable bonds is 6. The summed E-state index contributed by atoms with van der Waals surface area (Å²) in [7, 11) is -0.108. The average Bonchev–Trinajstić information content (AvgIpc) is 3.36. The van der Waals surface area contributed by atoms with Crippen LogP contribution < -0.4 is 14.8 Å². The van der Waals surface area contributed by atoms with Gasteiger partial charge in [0.2, 0.25) is 0 Å². The minimum atomic E-state index is -3.12.